The first kappa shape index (κ1) is 15.7. The van der Waals surface area contributed by atoms with Crippen molar-refractivity contribution in [1.29, 1.82) is 0 Å². The number of primary amides is 2. The molecular weight excluding hydrogens is 262 g/mol. The van der Waals surface area contributed by atoms with Crippen LogP contribution in [0.15, 0.2) is 23.1 Å². The van der Waals surface area contributed by atoms with Crippen molar-refractivity contribution in [2.45, 2.75) is 13.0 Å². The summed E-state index contributed by atoms with van der Waals surface area (Å²) >= 11 is 0. The molecule has 0 aliphatic heterocycles. The first-order valence-electron chi connectivity index (χ1n) is 6.13. The summed E-state index contributed by atoms with van der Waals surface area (Å²) in [5, 5.41) is 0. The molecule has 0 atom stereocenters. The zero-order valence-corrected chi connectivity index (χ0v) is 11.1. The van der Waals surface area contributed by atoms with E-state index in [1.54, 1.807) is 11.1 Å². The lowest BCUT2D eigenvalue weighted by Crippen LogP contribution is -2.40. The average molecular weight is 281 g/mol. The molecule has 1 aromatic heterocycles. The Morgan fingerprint density at radius 2 is 1.75 bits per heavy atom. The van der Waals surface area contributed by atoms with Gasteiger partial charge in [-0.05, 0) is 12.5 Å². The number of nitrogen functional groups attached to an aromatic ring is 1. The first-order chi connectivity index (χ1) is 9.38. The number of rotatable bonds is 8. The topological polar surface area (TPSA) is 137 Å². The van der Waals surface area contributed by atoms with Gasteiger partial charge in [0.1, 0.15) is 0 Å². The van der Waals surface area contributed by atoms with Gasteiger partial charge in [0.05, 0.1) is 13.1 Å². The summed E-state index contributed by atoms with van der Waals surface area (Å²) in [5.74, 6) is -1.07. The maximum atomic E-state index is 11.5. The molecule has 0 aromatic carbocycles. The third-order valence-electron chi connectivity index (χ3n) is 2.64. The highest BCUT2D eigenvalue weighted by atomic mass is 16.2. The van der Waals surface area contributed by atoms with E-state index in [-0.39, 0.29) is 18.6 Å². The maximum Gasteiger partial charge on any atom is 0.250 e. The molecule has 1 heterocycles. The monoisotopic (exact) mass is 281 g/mol. The van der Waals surface area contributed by atoms with Crippen LogP contribution in [-0.2, 0) is 16.1 Å². The number of carbonyl (C=O) groups is 2. The molecule has 0 unspecified atom stereocenters. The van der Waals surface area contributed by atoms with Gasteiger partial charge in [0.2, 0.25) is 11.8 Å². The summed E-state index contributed by atoms with van der Waals surface area (Å²) in [6.45, 7) is 0.758. The van der Waals surface area contributed by atoms with Crippen LogP contribution in [-0.4, -0.2) is 40.9 Å². The number of nitrogens with two attached hydrogens (primary N) is 3. The molecule has 0 radical (unpaired) electrons. The highest BCUT2D eigenvalue weighted by Crippen LogP contribution is 1.98. The Kier molecular flexibility index (Phi) is 5.73. The first-order valence-corrected chi connectivity index (χ1v) is 6.13. The van der Waals surface area contributed by atoms with E-state index in [1.807, 2.05) is 0 Å². The zero-order valence-electron chi connectivity index (χ0n) is 11.1. The molecule has 1 rings (SSSR count). The molecule has 0 aliphatic carbocycles. The molecule has 0 fully saturated rings. The summed E-state index contributed by atoms with van der Waals surface area (Å²) < 4.78 is 1.47. The van der Waals surface area contributed by atoms with Crippen molar-refractivity contribution in [3.63, 3.8) is 0 Å². The van der Waals surface area contributed by atoms with Gasteiger partial charge in [0, 0.05) is 31.0 Å². The van der Waals surface area contributed by atoms with Crippen LogP contribution in [0.25, 0.3) is 0 Å². The lowest BCUT2D eigenvalue weighted by Gasteiger charge is -2.19. The summed E-state index contributed by atoms with van der Waals surface area (Å²) in [5.41, 5.74) is 16.1. The van der Waals surface area contributed by atoms with E-state index in [9.17, 15) is 14.4 Å². The Balaban J connectivity index is 2.55. The second-order valence-electron chi connectivity index (χ2n) is 4.49. The fraction of sp³-hybridized carbons (Fsp3) is 0.417. The molecule has 6 N–H and O–H groups in total. The van der Waals surface area contributed by atoms with E-state index < -0.39 is 11.8 Å². The molecule has 0 spiro atoms. The standard InChI is InChI=1S/C12H19N5O3/c13-9-2-3-12(20)17(6-9)5-1-4-16(7-10(14)18)8-11(15)19/h2-3,6H,1,4-5,7-8,13H2,(H2,14,18)(H2,15,19). The smallest absolute Gasteiger partial charge is 0.250 e. The Morgan fingerprint density at radius 3 is 2.30 bits per heavy atom. The molecule has 0 saturated carbocycles. The minimum atomic E-state index is -0.535. The van der Waals surface area contributed by atoms with Crippen LogP contribution < -0.4 is 22.8 Å². The van der Waals surface area contributed by atoms with Crippen LogP contribution in [0.4, 0.5) is 5.69 Å². The normalized spacial score (nSPS) is 10.7. The number of amides is 2. The van der Waals surface area contributed by atoms with Gasteiger partial charge in [-0.15, -0.1) is 0 Å². The van der Waals surface area contributed by atoms with Crippen LogP contribution in [0.3, 0.4) is 0 Å². The Labute approximate surface area is 116 Å². The lowest BCUT2D eigenvalue weighted by molar-refractivity contribution is -0.121. The molecule has 20 heavy (non-hydrogen) atoms. The number of aryl methyl sites for hydroxylation is 1. The third-order valence-corrected chi connectivity index (χ3v) is 2.64. The highest BCUT2D eigenvalue weighted by Gasteiger charge is 2.10. The van der Waals surface area contributed by atoms with Gasteiger partial charge in [-0.25, -0.2) is 0 Å². The van der Waals surface area contributed by atoms with Gasteiger partial charge >= 0.3 is 0 Å². The number of hydrogen-bond acceptors (Lipinski definition) is 5. The van der Waals surface area contributed by atoms with Crippen LogP contribution in [0.1, 0.15) is 6.42 Å². The SMILES string of the molecule is NC(=O)CN(CCCn1cc(N)ccc1=O)CC(N)=O. The number of hydrogen-bond donors (Lipinski definition) is 3. The van der Waals surface area contributed by atoms with Crippen molar-refractivity contribution in [1.82, 2.24) is 9.47 Å². The van der Waals surface area contributed by atoms with E-state index in [1.165, 1.54) is 16.7 Å². The lowest BCUT2D eigenvalue weighted by atomic mass is 10.3. The quantitative estimate of drug-likeness (QED) is 0.510. The molecular formula is C12H19N5O3. The van der Waals surface area contributed by atoms with Crippen LogP contribution in [0.2, 0.25) is 0 Å². The Morgan fingerprint density at radius 1 is 1.15 bits per heavy atom. The summed E-state index contributed by atoms with van der Waals surface area (Å²) in [6.07, 6.45) is 2.11. The van der Waals surface area contributed by atoms with Crippen molar-refractivity contribution in [2.24, 2.45) is 11.5 Å². The van der Waals surface area contributed by atoms with E-state index >= 15 is 0 Å². The number of anilines is 1. The van der Waals surface area contributed by atoms with Crippen molar-refractivity contribution in [2.75, 3.05) is 25.4 Å². The van der Waals surface area contributed by atoms with E-state index in [0.717, 1.165) is 0 Å². The van der Waals surface area contributed by atoms with Crippen LogP contribution >= 0.6 is 0 Å². The molecule has 110 valence electrons. The molecule has 0 saturated heterocycles. The largest absolute Gasteiger partial charge is 0.398 e. The minimum absolute atomic E-state index is 0.0469. The molecule has 8 nitrogen and oxygen atoms in total. The highest BCUT2D eigenvalue weighted by molar-refractivity contribution is 5.79. The molecule has 2 amide bonds. The van der Waals surface area contributed by atoms with Crippen molar-refractivity contribution >= 4 is 17.5 Å². The van der Waals surface area contributed by atoms with E-state index in [0.29, 0.717) is 25.2 Å². The molecule has 1 aromatic rings. The van der Waals surface area contributed by atoms with Crippen LogP contribution in [0, 0.1) is 0 Å². The van der Waals surface area contributed by atoms with E-state index in [4.69, 9.17) is 17.2 Å². The van der Waals surface area contributed by atoms with Gasteiger partial charge in [-0.1, -0.05) is 0 Å². The fourth-order valence-corrected chi connectivity index (χ4v) is 1.84. The van der Waals surface area contributed by atoms with Gasteiger partial charge in [-0.3, -0.25) is 19.3 Å². The molecule has 0 bridgehead atoms. The molecule has 0 aliphatic rings. The predicted molar refractivity (Wildman–Crippen MR) is 74.6 cm³/mol. The molecule has 8 heteroatoms. The number of carbonyl (C=O) groups excluding carboxylic acids is 2. The third kappa shape index (κ3) is 5.53. The second-order valence-corrected chi connectivity index (χ2v) is 4.49. The van der Waals surface area contributed by atoms with Crippen LogP contribution in [0.5, 0.6) is 0 Å². The van der Waals surface area contributed by atoms with Gasteiger partial charge < -0.3 is 21.8 Å². The van der Waals surface area contributed by atoms with Crippen molar-refractivity contribution < 1.29 is 9.59 Å². The minimum Gasteiger partial charge on any atom is -0.398 e. The van der Waals surface area contributed by atoms with Crippen molar-refractivity contribution in [3.05, 3.63) is 28.7 Å². The fourth-order valence-electron chi connectivity index (χ4n) is 1.84. The second kappa shape index (κ2) is 7.29. The number of nitrogens with zero attached hydrogens (tertiary/aromatic N) is 2. The summed E-state index contributed by atoms with van der Waals surface area (Å²) in [6, 6.07) is 2.92. The number of aromatic nitrogens is 1. The average Bonchev–Trinajstić information content (AvgIpc) is 2.32. The van der Waals surface area contributed by atoms with E-state index in [2.05, 4.69) is 0 Å². The predicted octanol–water partition coefficient (Wildman–Crippen LogP) is -1.91. The maximum absolute atomic E-state index is 11.5. The Hall–Kier alpha value is -2.35. The van der Waals surface area contributed by atoms with Gasteiger partial charge in [0.25, 0.3) is 5.56 Å². The summed E-state index contributed by atoms with van der Waals surface area (Å²) in [7, 11) is 0. The Bertz CT molecular complexity index is 524. The zero-order chi connectivity index (χ0) is 15.1. The van der Waals surface area contributed by atoms with Gasteiger partial charge in [0.15, 0.2) is 0 Å². The van der Waals surface area contributed by atoms with Crippen molar-refractivity contribution in [3.8, 4) is 0 Å². The summed E-state index contributed by atoms with van der Waals surface area (Å²) in [4.78, 5) is 34.9. The van der Waals surface area contributed by atoms with Gasteiger partial charge in [-0.2, -0.15) is 0 Å². The number of pyridine rings is 1.